The Bertz CT molecular complexity index is 1410. The van der Waals surface area contributed by atoms with Crippen LogP contribution in [-0.4, -0.2) is 26.6 Å². The van der Waals surface area contributed by atoms with Gasteiger partial charge in [0.15, 0.2) is 0 Å². The highest BCUT2D eigenvalue weighted by Crippen LogP contribution is 2.18. The van der Waals surface area contributed by atoms with Crippen LogP contribution in [0.4, 0.5) is 0 Å². The van der Waals surface area contributed by atoms with Crippen LogP contribution in [0.3, 0.4) is 0 Å². The Morgan fingerprint density at radius 2 is 1.91 bits per heavy atom. The van der Waals surface area contributed by atoms with Crippen LogP contribution in [0.25, 0.3) is 16.6 Å². The fourth-order valence-corrected chi connectivity index (χ4v) is 3.65. The molecule has 33 heavy (non-hydrogen) atoms. The van der Waals surface area contributed by atoms with Crippen molar-refractivity contribution in [2.24, 2.45) is 0 Å². The molecule has 0 aliphatic rings. The Balaban J connectivity index is 1.76. The van der Waals surface area contributed by atoms with Crippen molar-refractivity contribution in [3.63, 3.8) is 0 Å². The minimum absolute atomic E-state index is 0.263. The second-order valence-electron chi connectivity index (χ2n) is 7.24. The molecule has 0 saturated heterocycles. The van der Waals surface area contributed by atoms with Crippen molar-refractivity contribution in [2.45, 2.75) is 20.0 Å². The molecule has 0 atom stereocenters. The van der Waals surface area contributed by atoms with Gasteiger partial charge >= 0.3 is 5.69 Å². The van der Waals surface area contributed by atoms with Crippen LogP contribution < -0.4 is 21.3 Å². The molecular formula is C24H21ClN4O4. The number of pyridine rings is 1. The highest BCUT2D eigenvalue weighted by molar-refractivity contribution is 6.31. The Morgan fingerprint density at radius 1 is 1.12 bits per heavy atom. The maximum Gasteiger partial charge on any atom is 0.336 e. The summed E-state index contributed by atoms with van der Waals surface area (Å²) in [7, 11) is 0. The first-order valence-corrected chi connectivity index (χ1v) is 10.7. The van der Waals surface area contributed by atoms with Crippen molar-refractivity contribution in [3.05, 3.63) is 98.4 Å². The second kappa shape index (κ2) is 9.70. The van der Waals surface area contributed by atoms with Gasteiger partial charge in [-0.2, -0.15) is 0 Å². The van der Waals surface area contributed by atoms with Gasteiger partial charge in [-0.05, 0) is 61.0 Å². The molecule has 0 fully saturated rings. The Hall–Kier alpha value is -3.91. The van der Waals surface area contributed by atoms with E-state index in [4.69, 9.17) is 16.3 Å². The molecule has 9 heteroatoms. The fourth-order valence-electron chi connectivity index (χ4n) is 3.48. The number of fused-ring (bicyclic) bond motifs is 1. The van der Waals surface area contributed by atoms with E-state index in [1.807, 2.05) is 13.0 Å². The molecule has 0 unspecified atom stereocenters. The van der Waals surface area contributed by atoms with Gasteiger partial charge < -0.3 is 10.1 Å². The van der Waals surface area contributed by atoms with Crippen LogP contribution in [0.1, 0.15) is 12.5 Å². The Labute approximate surface area is 194 Å². The first kappa shape index (κ1) is 22.3. The lowest BCUT2D eigenvalue weighted by molar-refractivity contribution is -0.121. The lowest BCUT2D eigenvalue weighted by Crippen LogP contribution is -2.41. The van der Waals surface area contributed by atoms with Gasteiger partial charge in [0.2, 0.25) is 5.91 Å². The molecular weight excluding hydrogens is 444 g/mol. The molecule has 4 aromatic rings. The molecule has 1 N–H and O–H groups in total. The zero-order chi connectivity index (χ0) is 23.4. The fraction of sp³-hybridized carbons (Fsp3) is 0.167. The number of hydrogen-bond acceptors (Lipinski definition) is 5. The zero-order valence-corrected chi connectivity index (χ0v) is 18.6. The number of benzene rings is 2. The third-order valence-corrected chi connectivity index (χ3v) is 5.26. The third kappa shape index (κ3) is 4.80. The maximum atomic E-state index is 13.4. The number of nitrogens with zero attached hydrogens (tertiary/aromatic N) is 3. The summed E-state index contributed by atoms with van der Waals surface area (Å²) in [6.45, 7) is 2.34. The molecule has 0 aliphatic heterocycles. The molecule has 0 spiro atoms. The predicted molar refractivity (Wildman–Crippen MR) is 126 cm³/mol. The molecule has 4 rings (SSSR count). The van der Waals surface area contributed by atoms with Gasteiger partial charge in [0, 0.05) is 24.0 Å². The van der Waals surface area contributed by atoms with Crippen LogP contribution >= 0.6 is 11.6 Å². The number of rotatable bonds is 7. The van der Waals surface area contributed by atoms with Gasteiger partial charge in [0.05, 0.1) is 23.2 Å². The van der Waals surface area contributed by atoms with Gasteiger partial charge in [0.1, 0.15) is 12.3 Å². The Morgan fingerprint density at radius 3 is 2.61 bits per heavy atom. The summed E-state index contributed by atoms with van der Waals surface area (Å²) in [5.41, 5.74) is 0.342. The van der Waals surface area contributed by atoms with Crippen molar-refractivity contribution in [1.82, 2.24) is 19.4 Å². The molecule has 8 nitrogen and oxygen atoms in total. The highest BCUT2D eigenvalue weighted by atomic mass is 35.5. The van der Waals surface area contributed by atoms with Crippen LogP contribution in [0.15, 0.2) is 76.6 Å². The first-order valence-electron chi connectivity index (χ1n) is 10.3. The Kier molecular flexibility index (Phi) is 6.55. The van der Waals surface area contributed by atoms with E-state index in [9.17, 15) is 14.4 Å². The SMILES string of the molecule is CCOc1ccc(-n2c(=O)c3ccc(Cl)cc3n(CC(=O)NCc3cccnc3)c2=O)cc1. The highest BCUT2D eigenvalue weighted by Gasteiger charge is 2.17. The van der Waals surface area contributed by atoms with E-state index < -0.39 is 11.2 Å². The van der Waals surface area contributed by atoms with Crippen LogP contribution in [-0.2, 0) is 17.9 Å². The van der Waals surface area contributed by atoms with Crippen molar-refractivity contribution < 1.29 is 9.53 Å². The van der Waals surface area contributed by atoms with Crippen molar-refractivity contribution in [1.29, 1.82) is 0 Å². The average Bonchev–Trinajstić information content (AvgIpc) is 2.82. The van der Waals surface area contributed by atoms with Crippen molar-refractivity contribution in [3.8, 4) is 11.4 Å². The van der Waals surface area contributed by atoms with E-state index in [-0.39, 0.29) is 29.9 Å². The van der Waals surface area contributed by atoms with Crippen LogP contribution in [0, 0.1) is 0 Å². The van der Waals surface area contributed by atoms with E-state index in [1.54, 1.807) is 54.9 Å². The summed E-state index contributed by atoms with van der Waals surface area (Å²) in [6, 6.07) is 14.9. The molecule has 1 amide bonds. The largest absolute Gasteiger partial charge is 0.494 e. The quantitative estimate of drug-likeness (QED) is 0.453. The number of halogens is 1. The van der Waals surface area contributed by atoms with E-state index in [2.05, 4.69) is 10.3 Å². The minimum Gasteiger partial charge on any atom is -0.494 e. The van der Waals surface area contributed by atoms with E-state index in [1.165, 1.54) is 10.6 Å². The van der Waals surface area contributed by atoms with Gasteiger partial charge in [-0.3, -0.25) is 19.1 Å². The molecule has 0 bridgehead atoms. The monoisotopic (exact) mass is 464 g/mol. The summed E-state index contributed by atoms with van der Waals surface area (Å²) < 4.78 is 7.73. The number of amides is 1. The standard InChI is InChI=1S/C24H21ClN4O4/c1-2-33-19-8-6-18(7-9-19)29-23(31)20-10-5-17(25)12-21(20)28(24(29)32)15-22(30)27-14-16-4-3-11-26-13-16/h3-13H,2,14-15H2,1H3,(H,27,30). The maximum absolute atomic E-state index is 13.4. The van der Waals surface area contributed by atoms with Crippen LogP contribution in [0.5, 0.6) is 5.75 Å². The summed E-state index contributed by atoms with van der Waals surface area (Å²) in [4.78, 5) is 43.3. The number of carbonyl (C=O) groups excluding carboxylic acids is 1. The smallest absolute Gasteiger partial charge is 0.336 e. The number of ether oxygens (including phenoxy) is 1. The van der Waals surface area contributed by atoms with Crippen molar-refractivity contribution >= 4 is 28.4 Å². The van der Waals surface area contributed by atoms with E-state index >= 15 is 0 Å². The number of aromatic nitrogens is 3. The molecule has 0 aliphatic carbocycles. The lowest BCUT2D eigenvalue weighted by atomic mass is 10.2. The zero-order valence-electron chi connectivity index (χ0n) is 17.8. The lowest BCUT2D eigenvalue weighted by Gasteiger charge is -2.15. The minimum atomic E-state index is -0.643. The van der Waals surface area contributed by atoms with Gasteiger partial charge in [-0.1, -0.05) is 17.7 Å². The molecule has 2 heterocycles. The normalized spacial score (nSPS) is 10.8. The third-order valence-electron chi connectivity index (χ3n) is 5.03. The summed E-state index contributed by atoms with van der Waals surface area (Å²) in [5, 5.41) is 3.40. The van der Waals surface area contributed by atoms with E-state index in [0.29, 0.717) is 23.1 Å². The molecule has 0 saturated carbocycles. The van der Waals surface area contributed by atoms with Gasteiger partial charge in [-0.15, -0.1) is 0 Å². The summed E-state index contributed by atoms with van der Waals surface area (Å²) in [5.74, 6) is 0.232. The number of carbonyl (C=O) groups is 1. The molecule has 2 aromatic carbocycles. The first-order chi connectivity index (χ1) is 16.0. The average molecular weight is 465 g/mol. The second-order valence-corrected chi connectivity index (χ2v) is 7.67. The summed E-state index contributed by atoms with van der Waals surface area (Å²) in [6.07, 6.45) is 3.29. The van der Waals surface area contributed by atoms with Crippen molar-refractivity contribution in [2.75, 3.05) is 6.61 Å². The topological polar surface area (TPSA) is 95.2 Å². The van der Waals surface area contributed by atoms with Gasteiger partial charge in [0.25, 0.3) is 5.56 Å². The number of hydrogen-bond donors (Lipinski definition) is 1. The van der Waals surface area contributed by atoms with E-state index in [0.717, 1.165) is 10.1 Å². The molecule has 2 aromatic heterocycles. The molecule has 168 valence electrons. The number of nitrogens with one attached hydrogen (secondary N) is 1. The predicted octanol–water partition coefficient (Wildman–Crippen LogP) is 2.92. The van der Waals surface area contributed by atoms with Gasteiger partial charge in [-0.25, -0.2) is 9.36 Å². The molecule has 0 radical (unpaired) electrons. The van der Waals surface area contributed by atoms with Crippen LogP contribution in [0.2, 0.25) is 5.02 Å². The summed E-state index contributed by atoms with van der Waals surface area (Å²) >= 11 is 6.13.